The van der Waals surface area contributed by atoms with Gasteiger partial charge in [-0.15, -0.1) is 0 Å². The van der Waals surface area contributed by atoms with E-state index in [1.165, 1.54) is 32.1 Å². The summed E-state index contributed by atoms with van der Waals surface area (Å²) in [6, 6.07) is 0.331. The van der Waals surface area contributed by atoms with Crippen LogP contribution < -0.4 is 5.32 Å². The van der Waals surface area contributed by atoms with Crippen LogP contribution in [0.4, 0.5) is 0 Å². The van der Waals surface area contributed by atoms with E-state index in [-0.39, 0.29) is 0 Å². The molecule has 1 aliphatic rings. The van der Waals surface area contributed by atoms with Gasteiger partial charge >= 0.3 is 0 Å². The Bertz CT molecular complexity index is 612. The lowest BCUT2D eigenvalue weighted by molar-refractivity contribution is 0.413. The average Bonchev–Trinajstić information content (AvgIpc) is 3.14. The van der Waals surface area contributed by atoms with Crippen molar-refractivity contribution in [2.45, 2.75) is 57.4 Å². The van der Waals surface area contributed by atoms with E-state index in [4.69, 9.17) is 4.52 Å². The van der Waals surface area contributed by atoms with Crippen LogP contribution in [0, 0.1) is 0 Å². The van der Waals surface area contributed by atoms with Crippen molar-refractivity contribution in [3.63, 3.8) is 0 Å². The Kier molecular flexibility index (Phi) is 4.57. The van der Waals surface area contributed by atoms with E-state index in [0.29, 0.717) is 17.9 Å². The molecule has 1 unspecified atom stereocenters. The predicted molar refractivity (Wildman–Crippen MR) is 84.6 cm³/mol. The van der Waals surface area contributed by atoms with E-state index in [9.17, 15) is 0 Å². The molecule has 0 bridgehead atoms. The van der Waals surface area contributed by atoms with Gasteiger partial charge in [0.1, 0.15) is 0 Å². The Labute approximate surface area is 131 Å². The fourth-order valence-corrected chi connectivity index (χ4v) is 3.17. The lowest BCUT2D eigenvalue weighted by Crippen LogP contribution is -2.24. The van der Waals surface area contributed by atoms with E-state index in [1.807, 2.05) is 25.0 Å². The number of rotatable bonds is 5. The molecule has 3 rings (SSSR count). The smallest absolute Gasteiger partial charge is 0.261 e. The summed E-state index contributed by atoms with van der Waals surface area (Å²) in [5.74, 6) is 1.87. The first-order chi connectivity index (χ1) is 10.7. The summed E-state index contributed by atoms with van der Waals surface area (Å²) >= 11 is 0. The molecule has 0 aliphatic heterocycles. The first-order valence-electron chi connectivity index (χ1n) is 8.21. The molecule has 0 amide bonds. The molecule has 120 valence electrons. The van der Waals surface area contributed by atoms with Crippen LogP contribution in [0.25, 0.3) is 11.5 Å². The van der Waals surface area contributed by atoms with Crippen LogP contribution in [0.15, 0.2) is 10.7 Å². The summed E-state index contributed by atoms with van der Waals surface area (Å²) < 4.78 is 7.36. The van der Waals surface area contributed by atoms with E-state index in [1.54, 1.807) is 0 Å². The molecule has 1 N–H and O–H groups in total. The van der Waals surface area contributed by atoms with Crippen molar-refractivity contribution < 1.29 is 4.52 Å². The molecule has 22 heavy (non-hydrogen) atoms. The summed E-state index contributed by atoms with van der Waals surface area (Å²) in [5, 5.41) is 12.0. The van der Waals surface area contributed by atoms with Gasteiger partial charge in [-0.05, 0) is 26.8 Å². The molecule has 1 fully saturated rings. The Morgan fingerprint density at radius 3 is 2.86 bits per heavy atom. The fraction of sp³-hybridized carbons (Fsp3) is 0.688. The van der Waals surface area contributed by atoms with E-state index >= 15 is 0 Å². The maximum absolute atomic E-state index is 5.50. The second kappa shape index (κ2) is 6.60. The highest BCUT2D eigenvalue weighted by atomic mass is 16.5. The molecule has 2 aromatic heterocycles. The van der Waals surface area contributed by atoms with Crippen molar-refractivity contribution in [2.75, 3.05) is 7.05 Å². The van der Waals surface area contributed by atoms with E-state index in [0.717, 1.165) is 23.5 Å². The SMILES string of the molecule is CNC(C)Cc1noc(-c2cn(C)nc2C2CCCCC2)n1. The molecule has 6 nitrogen and oxygen atoms in total. The minimum absolute atomic E-state index is 0.331. The van der Waals surface area contributed by atoms with Gasteiger partial charge in [0.25, 0.3) is 5.89 Å². The first kappa shape index (κ1) is 15.2. The quantitative estimate of drug-likeness (QED) is 0.919. The van der Waals surface area contributed by atoms with Gasteiger partial charge in [-0.2, -0.15) is 10.1 Å². The van der Waals surface area contributed by atoms with E-state index in [2.05, 4.69) is 27.5 Å². The fourth-order valence-electron chi connectivity index (χ4n) is 3.17. The van der Waals surface area contributed by atoms with E-state index < -0.39 is 0 Å². The van der Waals surface area contributed by atoms with Crippen LogP contribution in [0.3, 0.4) is 0 Å². The molecule has 0 spiro atoms. The minimum atomic E-state index is 0.331. The summed E-state index contributed by atoms with van der Waals surface area (Å²) in [5.41, 5.74) is 2.13. The van der Waals surface area contributed by atoms with Gasteiger partial charge in [0.15, 0.2) is 5.82 Å². The number of nitrogens with zero attached hydrogens (tertiary/aromatic N) is 4. The van der Waals surface area contributed by atoms with Crippen molar-refractivity contribution >= 4 is 0 Å². The van der Waals surface area contributed by atoms with Gasteiger partial charge in [0.2, 0.25) is 0 Å². The molecule has 1 atom stereocenters. The van der Waals surface area contributed by atoms with Gasteiger partial charge in [0, 0.05) is 31.6 Å². The highest BCUT2D eigenvalue weighted by Crippen LogP contribution is 2.36. The molecule has 2 aromatic rings. The molecule has 2 heterocycles. The molecule has 6 heteroatoms. The van der Waals surface area contributed by atoms with Crippen LogP contribution in [0.5, 0.6) is 0 Å². The molecule has 1 aliphatic carbocycles. The van der Waals surface area contributed by atoms with Gasteiger partial charge in [-0.25, -0.2) is 0 Å². The maximum Gasteiger partial charge on any atom is 0.261 e. The maximum atomic E-state index is 5.50. The molecule has 0 aromatic carbocycles. The first-order valence-corrected chi connectivity index (χ1v) is 8.21. The molecular weight excluding hydrogens is 278 g/mol. The highest BCUT2D eigenvalue weighted by Gasteiger charge is 2.25. The number of aryl methyl sites for hydroxylation is 1. The lowest BCUT2D eigenvalue weighted by atomic mass is 9.85. The summed E-state index contributed by atoms with van der Waals surface area (Å²) in [4.78, 5) is 4.57. The third-order valence-electron chi connectivity index (χ3n) is 4.53. The zero-order valence-corrected chi connectivity index (χ0v) is 13.7. The highest BCUT2D eigenvalue weighted by molar-refractivity contribution is 5.56. The summed E-state index contributed by atoms with van der Waals surface area (Å²) in [6.45, 7) is 2.10. The molecule has 0 radical (unpaired) electrons. The number of nitrogens with one attached hydrogen (secondary N) is 1. The van der Waals surface area contributed by atoms with Crippen molar-refractivity contribution in [1.82, 2.24) is 25.2 Å². The Balaban J connectivity index is 1.85. The second-order valence-corrected chi connectivity index (χ2v) is 6.35. The zero-order valence-electron chi connectivity index (χ0n) is 13.7. The minimum Gasteiger partial charge on any atom is -0.334 e. The summed E-state index contributed by atoms with van der Waals surface area (Å²) in [6.07, 6.45) is 9.10. The number of likely N-dealkylation sites (N-methyl/N-ethyl adjacent to an activating group) is 1. The Hall–Kier alpha value is -1.69. The third kappa shape index (κ3) is 3.21. The lowest BCUT2D eigenvalue weighted by Gasteiger charge is -2.20. The Morgan fingerprint density at radius 1 is 1.36 bits per heavy atom. The summed E-state index contributed by atoms with van der Waals surface area (Å²) in [7, 11) is 3.89. The predicted octanol–water partition coefficient (Wildman–Crippen LogP) is 2.67. The normalized spacial score (nSPS) is 17.8. The third-order valence-corrected chi connectivity index (χ3v) is 4.53. The Morgan fingerprint density at radius 2 is 2.14 bits per heavy atom. The van der Waals surface area contributed by atoms with Crippen molar-refractivity contribution in [3.8, 4) is 11.5 Å². The molecular formula is C16H25N5O. The number of hydrogen-bond acceptors (Lipinski definition) is 5. The van der Waals surface area contributed by atoms with Crippen LogP contribution in [-0.2, 0) is 13.5 Å². The zero-order chi connectivity index (χ0) is 15.5. The van der Waals surface area contributed by atoms with Gasteiger partial charge in [-0.1, -0.05) is 24.4 Å². The standard InChI is InChI=1S/C16H25N5O/c1-11(17-2)9-14-18-16(22-20-14)13-10-21(3)19-15(13)12-7-5-4-6-8-12/h10-12,17H,4-9H2,1-3H3. The van der Waals surface area contributed by atoms with Crippen molar-refractivity contribution in [1.29, 1.82) is 0 Å². The second-order valence-electron chi connectivity index (χ2n) is 6.35. The largest absolute Gasteiger partial charge is 0.334 e. The van der Waals surface area contributed by atoms with Crippen LogP contribution >= 0.6 is 0 Å². The van der Waals surface area contributed by atoms with Crippen molar-refractivity contribution in [3.05, 3.63) is 17.7 Å². The van der Waals surface area contributed by atoms with Gasteiger partial charge < -0.3 is 9.84 Å². The van der Waals surface area contributed by atoms with Crippen LogP contribution in [-0.4, -0.2) is 33.0 Å². The molecule has 1 saturated carbocycles. The number of hydrogen-bond donors (Lipinski definition) is 1. The van der Waals surface area contributed by atoms with Gasteiger partial charge in [0.05, 0.1) is 11.3 Å². The van der Waals surface area contributed by atoms with Crippen molar-refractivity contribution in [2.24, 2.45) is 7.05 Å². The van der Waals surface area contributed by atoms with Crippen LogP contribution in [0.1, 0.15) is 56.5 Å². The average molecular weight is 303 g/mol. The van der Waals surface area contributed by atoms with Crippen LogP contribution in [0.2, 0.25) is 0 Å². The monoisotopic (exact) mass is 303 g/mol. The number of aromatic nitrogens is 4. The molecule has 0 saturated heterocycles. The topological polar surface area (TPSA) is 68.8 Å². The van der Waals surface area contributed by atoms with Gasteiger partial charge in [-0.3, -0.25) is 4.68 Å².